The lowest BCUT2D eigenvalue weighted by atomic mass is 9.69. The highest BCUT2D eigenvalue weighted by atomic mass is 14.4. The minimum atomic E-state index is 0.132. The van der Waals surface area contributed by atoms with Crippen LogP contribution in [0.2, 0.25) is 0 Å². The molecule has 2 aromatic carbocycles. The normalized spacial score (nSPS) is 19.6. The van der Waals surface area contributed by atoms with Gasteiger partial charge in [0.15, 0.2) is 0 Å². The summed E-state index contributed by atoms with van der Waals surface area (Å²) in [4.78, 5) is 0. The first kappa shape index (κ1) is 22.2. The Morgan fingerprint density at radius 2 is 1.31 bits per heavy atom. The van der Waals surface area contributed by atoms with Crippen molar-refractivity contribution in [3.05, 3.63) is 53.1 Å². The third-order valence-electron chi connectivity index (χ3n) is 7.53. The Kier molecular flexibility index (Phi) is 7.30. The third-order valence-corrected chi connectivity index (χ3v) is 7.53. The Balaban J connectivity index is 2.02. The molecule has 2 aromatic rings. The molecule has 0 bridgehead atoms. The van der Waals surface area contributed by atoms with Gasteiger partial charge in [0.25, 0.3) is 0 Å². The summed E-state index contributed by atoms with van der Waals surface area (Å²) in [5.41, 5.74) is 8.32. The van der Waals surface area contributed by atoms with E-state index in [2.05, 4.69) is 71.0 Å². The molecule has 1 aliphatic rings. The van der Waals surface area contributed by atoms with Crippen LogP contribution in [0.15, 0.2) is 36.4 Å². The van der Waals surface area contributed by atoms with Gasteiger partial charge in [0.1, 0.15) is 7.85 Å². The van der Waals surface area contributed by atoms with Gasteiger partial charge in [0, 0.05) is 5.41 Å². The quantitative estimate of drug-likeness (QED) is 0.371. The average molecular weight is 386 g/mol. The van der Waals surface area contributed by atoms with E-state index in [1.807, 2.05) is 0 Å². The van der Waals surface area contributed by atoms with Crippen LogP contribution in [0.1, 0.15) is 95.8 Å². The predicted molar refractivity (Wildman–Crippen MR) is 129 cm³/mol. The van der Waals surface area contributed by atoms with Crippen molar-refractivity contribution in [2.45, 2.75) is 91.4 Å². The van der Waals surface area contributed by atoms with Gasteiger partial charge in [-0.3, -0.25) is 0 Å². The fourth-order valence-corrected chi connectivity index (χ4v) is 5.20. The van der Waals surface area contributed by atoms with Crippen molar-refractivity contribution in [3.8, 4) is 11.1 Å². The first-order chi connectivity index (χ1) is 13.9. The van der Waals surface area contributed by atoms with Crippen LogP contribution < -0.4 is 5.46 Å². The molecule has 0 aromatic heterocycles. The van der Waals surface area contributed by atoms with Gasteiger partial charge in [-0.2, -0.15) is 0 Å². The lowest BCUT2D eigenvalue weighted by molar-refractivity contribution is 0.365. The van der Waals surface area contributed by atoms with E-state index in [0.717, 1.165) is 17.3 Å². The van der Waals surface area contributed by atoms with Gasteiger partial charge >= 0.3 is 0 Å². The fraction of sp³-hybridized carbons (Fsp3) is 0.571. The van der Waals surface area contributed by atoms with E-state index >= 15 is 0 Å². The molecule has 0 saturated carbocycles. The second kappa shape index (κ2) is 9.54. The van der Waals surface area contributed by atoms with E-state index in [9.17, 15) is 0 Å². The molecule has 0 heterocycles. The molecule has 0 N–H and O–H groups in total. The summed E-state index contributed by atoms with van der Waals surface area (Å²) in [6.07, 6.45) is 10.3. The largest absolute Gasteiger partial charge is 0.113 e. The maximum atomic E-state index is 6.31. The van der Waals surface area contributed by atoms with Crippen LogP contribution in [0, 0.1) is 18.8 Å². The Hall–Kier alpha value is -1.50. The summed E-state index contributed by atoms with van der Waals surface area (Å²) in [7, 11) is 6.31. The van der Waals surface area contributed by atoms with Gasteiger partial charge in [0.2, 0.25) is 0 Å². The maximum absolute atomic E-state index is 6.31. The molecular weight excluding hydrogens is 347 g/mol. The van der Waals surface area contributed by atoms with Gasteiger partial charge in [-0.15, -0.1) is 0 Å². The SMILES string of the molecule is [B]c1ccc2c(c1)C(CCCC(C)CC)(CCCC(C)CC)c1cc(C)ccc1-2. The van der Waals surface area contributed by atoms with E-state index in [1.54, 1.807) is 5.56 Å². The van der Waals surface area contributed by atoms with Crippen molar-refractivity contribution in [3.63, 3.8) is 0 Å². The second-order valence-electron chi connectivity index (χ2n) is 9.75. The van der Waals surface area contributed by atoms with Crippen molar-refractivity contribution >= 4 is 13.3 Å². The van der Waals surface area contributed by atoms with E-state index in [1.165, 1.54) is 73.6 Å². The average Bonchev–Trinajstić information content (AvgIpc) is 2.96. The minimum absolute atomic E-state index is 0.132. The lowest BCUT2D eigenvalue weighted by Crippen LogP contribution is -2.27. The van der Waals surface area contributed by atoms with Crippen molar-refractivity contribution in [2.24, 2.45) is 11.8 Å². The summed E-state index contributed by atoms with van der Waals surface area (Å²) < 4.78 is 0. The molecule has 2 radical (unpaired) electrons. The third kappa shape index (κ3) is 4.65. The number of hydrogen-bond acceptors (Lipinski definition) is 0. The number of fused-ring (bicyclic) bond motifs is 3. The van der Waals surface area contributed by atoms with Gasteiger partial charge in [-0.25, -0.2) is 0 Å². The highest BCUT2D eigenvalue weighted by molar-refractivity contribution is 6.32. The summed E-state index contributed by atoms with van der Waals surface area (Å²) in [6, 6.07) is 13.7. The summed E-state index contributed by atoms with van der Waals surface area (Å²) in [6.45, 7) is 11.7. The molecule has 0 saturated heterocycles. The van der Waals surface area contributed by atoms with Crippen LogP contribution in [0.5, 0.6) is 0 Å². The van der Waals surface area contributed by atoms with Crippen LogP contribution >= 0.6 is 0 Å². The summed E-state index contributed by atoms with van der Waals surface area (Å²) in [5.74, 6) is 1.62. The van der Waals surface area contributed by atoms with Crippen molar-refractivity contribution in [2.75, 3.05) is 0 Å². The molecule has 2 unspecified atom stereocenters. The van der Waals surface area contributed by atoms with E-state index in [0.29, 0.717) is 0 Å². The lowest BCUT2D eigenvalue weighted by Gasteiger charge is -2.34. The molecule has 1 aliphatic carbocycles. The molecule has 29 heavy (non-hydrogen) atoms. The summed E-state index contributed by atoms with van der Waals surface area (Å²) in [5, 5.41) is 0. The Morgan fingerprint density at radius 3 is 1.86 bits per heavy atom. The Morgan fingerprint density at radius 1 is 0.793 bits per heavy atom. The molecule has 0 fully saturated rings. The predicted octanol–water partition coefficient (Wildman–Crippen LogP) is 7.49. The van der Waals surface area contributed by atoms with E-state index in [4.69, 9.17) is 7.85 Å². The monoisotopic (exact) mass is 386 g/mol. The summed E-state index contributed by atoms with van der Waals surface area (Å²) >= 11 is 0. The van der Waals surface area contributed by atoms with Crippen molar-refractivity contribution < 1.29 is 0 Å². The highest BCUT2D eigenvalue weighted by Gasteiger charge is 2.42. The molecule has 0 amide bonds. The standard InChI is InChI=1S/C28H39B/c1-6-20(3)10-8-16-28(17-9-11-21(4)7-2)26-18-22(5)12-14-24(26)25-15-13-23(29)19-27(25)28/h12-15,18-21H,6-11,16-17H2,1-5H3. The van der Waals surface area contributed by atoms with Gasteiger partial charge in [0.05, 0.1) is 0 Å². The second-order valence-corrected chi connectivity index (χ2v) is 9.75. The van der Waals surface area contributed by atoms with Gasteiger partial charge in [-0.1, -0.05) is 114 Å². The maximum Gasteiger partial charge on any atom is 0.113 e. The number of hydrogen-bond donors (Lipinski definition) is 0. The minimum Gasteiger partial charge on any atom is -0.0963 e. The zero-order valence-corrected chi connectivity index (χ0v) is 19.4. The van der Waals surface area contributed by atoms with Gasteiger partial charge < -0.3 is 0 Å². The molecule has 0 nitrogen and oxygen atoms in total. The smallest absolute Gasteiger partial charge is 0.0963 e. The van der Waals surface area contributed by atoms with Crippen LogP contribution in [0.25, 0.3) is 11.1 Å². The zero-order valence-electron chi connectivity index (χ0n) is 19.4. The highest BCUT2D eigenvalue weighted by Crippen LogP contribution is 2.54. The van der Waals surface area contributed by atoms with Crippen molar-refractivity contribution in [1.82, 2.24) is 0 Å². The van der Waals surface area contributed by atoms with Crippen LogP contribution in [0.4, 0.5) is 0 Å². The zero-order chi connectivity index (χ0) is 21.0. The molecule has 154 valence electrons. The Labute approximate surface area is 180 Å². The molecule has 1 heteroatoms. The molecule has 0 spiro atoms. The van der Waals surface area contributed by atoms with E-state index in [-0.39, 0.29) is 5.41 Å². The number of rotatable bonds is 10. The molecular formula is C28H39B. The first-order valence-electron chi connectivity index (χ1n) is 11.9. The molecule has 2 atom stereocenters. The number of benzene rings is 2. The van der Waals surface area contributed by atoms with Gasteiger partial charge in [-0.05, 0) is 53.9 Å². The van der Waals surface area contributed by atoms with Crippen LogP contribution in [-0.4, -0.2) is 7.85 Å². The Bertz CT molecular complexity index is 750. The first-order valence-corrected chi connectivity index (χ1v) is 11.9. The van der Waals surface area contributed by atoms with Crippen LogP contribution in [0.3, 0.4) is 0 Å². The fourth-order valence-electron chi connectivity index (χ4n) is 5.20. The van der Waals surface area contributed by atoms with Crippen LogP contribution in [-0.2, 0) is 5.41 Å². The number of aryl methyl sites for hydroxylation is 1. The van der Waals surface area contributed by atoms with E-state index < -0.39 is 0 Å². The molecule has 0 aliphatic heterocycles. The van der Waals surface area contributed by atoms with Crippen molar-refractivity contribution in [1.29, 1.82) is 0 Å². The molecule has 3 rings (SSSR count). The topological polar surface area (TPSA) is 0 Å².